The second-order valence-corrected chi connectivity index (χ2v) is 5.12. The highest BCUT2D eigenvalue weighted by molar-refractivity contribution is 5.78. The first-order valence-electron chi connectivity index (χ1n) is 6.78. The van der Waals surface area contributed by atoms with Crippen LogP contribution in [0.15, 0.2) is 36.8 Å². The van der Waals surface area contributed by atoms with Gasteiger partial charge in [0, 0.05) is 39.2 Å². The maximum atomic E-state index is 4.40. The van der Waals surface area contributed by atoms with Gasteiger partial charge < -0.3 is 14.8 Å². The second kappa shape index (κ2) is 5.40. The molecule has 0 aliphatic heterocycles. The van der Waals surface area contributed by atoms with Crippen molar-refractivity contribution in [2.45, 2.75) is 6.54 Å². The van der Waals surface area contributed by atoms with E-state index in [4.69, 9.17) is 0 Å². The minimum absolute atomic E-state index is 0.711. The molecule has 108 valence electrons. The molecule has 6 nitrogen and oxygen atoms in total. The van der Waals surface area contributed by atoms with E-state index in [1.165, 1.54) is 0 Å². The zero-order valence-corrected chi connectivity index (χ0v) is 12.4. The van der Waals surface area contributed by atoms with Crippen molar-refractivity contribution in [3.8, 4) is 0 Å². The van der Waals surface area contributed by atoms with E-state index in [2.05, 4.69) is 24.8 Å². The van der Waals surface area contributed by atoms with Crippen molar-refractivity contribution in [2.24, 2.45) is 7.05 Å². The molecule has 21 heavy (non-hydrogen) atoms. The zero-order chi connectivity index (χ0) is 14.8. The Morgan fingerprint density at radius 1 is 1.10 bits per heavy atom. The quantitative estimate of drug-likeness (QED) is 0.793. The predicted molar refractivity (Wildman–Crippen MR) is 84.4 cm³/mol. The van der Waals surface area contributed by atoms with Gasteiger partial charge in [-0.1, -0.05) is 0 Å². The van der Waals surface area contributed by atoms with Crippen LogP contribution in [0, 0.1) is 0 Å². The monoisotopic (exact) mass is 282 g/mol. The lowest BCUT2D eigenvalue weighted by atomic mass is 10.2. The molecule has 0 unspecified atom stereocenters. The number of nitrogens with zero attached hydrogens (tertiary/aromatic N) is 5. The Labute approximate surface area is 123 Å². The van der Waals surface area contributed by atoms with Crippen molar-refractivity contribution in [3.05, 3.63) is 42.5 Å². The van der Waals surface area contributed by atoms with E-state index in [1.54, 1.807) is 12.4 Å². The Bertz CT molecular complexity index is 762. The van der Waals surface area contributed by atoms with Crippen LogP contribution in [0.1, 0.15) is 5.69 Å². The summed E-state index contributed by atoms with van der Waals surface area (Å²) in [6, 6.07) is 5.99. The van der Waals surface area contributed by atoms with Crippen LogP contribution < -0.4 is 10.2 Å². The average molecular weight is 282 g/mol. The average Bonchev–Trinajstić information content (AvgIpc) is 2.86. The van der Waals surface area contributed by atoms with E-state index in [1.807, 2.05) is 50.4 Å². The topological polar surface area (TPSA) is 58.9 Å². The van der Waals surface area contributed by atoms with Crippen molar-refractivity contribution in [1.82, 2.24) is 19.5 Å². The summed E-state index contributed by atoms with van der Waals surface area (Å²) in [6.45, 7) is 0.711. The summed E-state index contributed by atoms with van der Waals surface area (Å²) in [5, 5.41) is 3.40. The lowest BCUT2D eigenvalue weighted by Gasteiger charge is -2.13. The lowest BCUT2D eigenvalue weighted by Crippen LogP contribution is -2.15. The lowest BCUT2D eigenvalue weighted by molar-refractivity contribution is 0.814. The molecule has 0 atom stereocenters. The molecule has 0 aliphatic rings. The highest BCUT2D eigenvalue weighted by Crippen LogP contribution is 2.17. The van der Waals surface area contributed by atoms with Gasteiger partial charge in [0.15, 0.2) is 0 Å². The molecule has 0 fully saturated rings. The van der Waals surface area contributed by atoms with E-state index >= 15 is 0 Å². The third kappa shape index (κ3) is 2.65. The summed E-state index contributed by atoms with van der Waals surface area (Å²) in [7, 11) is 5.99. The minimum Gasteiger partial charge on any atom is -0.379 e. The van der Waals surface area contributed by atoms with Gasteiger partial charge >= 0.3 is 0 Å². The number of imidazole rings is 1. The van der Waals surface area contributed by atoms with E-state index < -0.39 is 0 Å². The third-order valence-corrected chi connectivity index (χ3v) is 3.40. The van der Waals surface area contributed by atoms with Gasteiger partial charge in [-0.05, 0) is 18.2 Å². The standard InChI is InChI=1S/C15H18N6/c1-20(2)15-19-10-12(21(15)3)9-18-11-4-5-13-14(8-11)17-7-6-16-13/h4-8,10,18H,9H2,1-3H3. The van der Waals surface area contributed by atoms with Crippen LogP contribution in [0.4, 0.5) is 11.6 Å². The molecular formula is C15H18N6. The number of nitrogens with one attached hydrogen (secondary N) is 1. The van der Waals surface area contributed by atoms with E-state index in [-0.39, 0.29) is 0 Å². The van der Waals surface area contributed by atoms with Crippen LogP contribution in [0.25, 0.3) is 11.0 Å². The SMILES string of the molecule is CN(C)c1ncc(CNc2ccc3nccnc3c2)n1C. The van der Waals surface area contributed by atoms with E-state index in [9.17, 15) is 0 Å². The van der Waals surface area contributed by atoms with Gasteiger partial charge in [0.05, 0.1) is 29.5 Å². The maximum absolute atomic E-state index is 4.40. The molecule has 3 aromatic rings. The number of aromatic nitrogens is 4. The fourth-order valence-electron chi connectivity index (χ4n) is 2.28. The van der Waals surface area contributed by atoms with Crippen LogP contribution in [0.3, 0.4) is 0 Å². The molecular weight excluding hydrogens is 264 g/mol. The summed E-state index contributed by atoms with van der Waals surface area (Å²) >= 11 is 0. The fourth-order valence-corrected chi connectivity index (χ4v) is 2.28. The van der Waals surface area contributed by atoms with Crippen molar-refractivity contribution in [2.75, 3.05) is 24.3 Å². The van der Waals surface area contributed by atoms with E-state index in [0.717, 1.165) is 28.4 Å². The van der Waals surface area contributed by atoms with Crippen molar-refractivity contribution in [3.63, 3.8) is 0 Å². The Morgan fingerprint density at radius 2 is 1.86 bits per heavy atom. The first-order chi connectivity index (χ1) is 10.1. The molecule has 0 bridgehead atoms. The highest BCUT2D eigenvalue weighted by Gasteiger charge is 2.07. The fraction of sp³-hybridized carbons (Fsp3) is 0.267. The summed E-state index contributed by atoms with van der Waals surface area (Å²) in [6.07, 6.45) is 5.30. The molecule has 1 N–H and O–H groups in total. The second-order valence-electron chi connectivity index (χ2n) is 5.12. The Kier molecular flexibility index (Phi) is 3.43. The largest absolute Gasteiger partial charge is 0.379 e. The van der Waals surface area contributed by atoms with Crippen molar-refractivity contribution >= 4 is 22.7 Å². The molecule has 0 saturated heterocycles. The molecule has 0 spiro atoms. The molecule has 0 radical (unpaired) electrons. The minimum atomic E-state index is 0.711. The first-order valence-corrected chi connectivity index (χ1v) is 6.78. The summed E-state index contributed by atoms with van der Waals surface area (Å²) in [4.78, 5) is 15.0. The number of fused-ring (bicyclic) bond motifs is 1. The Hall–Kier alpha value is -2.63. The van der Waals surface area contributed by atoms with Gasteiger partial charge in [-0.3, -0.25) is 9.97 Å². The molecule has 1 aromatic carbocycles. The van der Waals surface area contributed by atoms with Gasteiger partial charge in [0.2, 0.25) is 5.95 Å². The number of benzene rings is 1. The first kappa shape index (κ1) is 13.4. The van der Waals surface area contributed by atoms with E-state index in [0.29, 0.717) is 6.54 Å². The smallest absolute Gasteiger partial charge is 0.204 e. The summed E-state index contributed by atoms with van der Waals surface area (Å²) in [5.41, 5.74) is 3.94. The van der Waals surface area contributed by atoms with Crippen LogP contribution in [-0.4, -0.2) is 33.6 Å². The summed E-state index contributed by atoms with van der Waals surface area (Å²) < 4.78 is 2.08. The van der Waals surface area contributed by atoms with Gasteiger partial charge in [0.1, 0.15) is 0 Å². The Balaban J connectivity index is 1.77. The van der Waals surface area contributed by atoms with Gasteiger partial charge in [0.25, 0.3) is 0 Å². The maximum Gasteiger partial charge on any atom is 0.204 e. The van der Waals surface area contributed by atoms with Gasteiger partial charge in [-0.15, -0.1) is 0 Å². The number of anilines is 2. The molecule has 2 aromatic heterocycles. The van der Waals surface area contributed by atoms with Crippen LogP contribution >= 0.6 is 0 Å². The summed E-state index contributed by atoms with van der Waals surface area (Å²) in [5.74, 6) is 0.941. The van der Waals surface area contributed by atoms with Crippen LogP contribution in [0.2, 0.25) is 0 Å². The third-order valence-electron chi connectivity index (χ3n) is 3.40. The molecule has 0 saturated carbocycles. The van der Waals surface area contributed by atoms with Gasteiger partial charge in [-0.25, -0.2) is 4.98 Å². The molecule has 2 heterocycles. The number of rotatable bonds is 4. The van der Waals surface area contributed by atoms with Crippen LogP contribution in [-0.2, 0) is 13.6 Å². The molecule has 6 heteroatoms. The molecule has 0 aliphatic carbocycles. The zero-order valence-electron chi connectivity index (χ0n) is 12.4. The normalized spacial score (nSPS) is 10.8. The van der Waals surface area contributed by atoms with Crippen molar-refractivity contribution in [1.29, 1.82) is 0 Å². The Morgan fingerprint density at radius 3 is 2.57 bits per heavy atom. The molecule has 3 rings (SSSR count). The highest BCUT2D eigenvalue weighted by atomic mass is 15.3. The predicted octanol–water partition coefficient (Wildman–Crippen LogP) is 2.04. The van der Waals surface area contributed by atoms with Crippen LogP contribution in [0.5, 0.6) is 0 Å². The van der Waals surface area contributed by atoms with Crippen molar-refractivity contribution < 1.29 is 0 Å². The van der Waals surface area contributed by atoms with Gasteiger partial charge in [-0.2, -0.15) is 0 Å². The number of hydrogen-bond acceptors (Lipinski definition) is 5. The molecule has 0 amide bonds. The number of hydrogen-bond donors (Lipinski definition) is 1.